The number of thioether (sulfide) groups is 1. The number of hydrogen-bond donors (Lipinski definition) is 3. The lowest BCUT2D eigenvalue weighted by molar-refractivity contribution is -0.137. The van der Waals surface area contributed by atoms with Gasteiger partial charge in [0.05, 0.1) is 23.0 Å². The van der Waals surface area contributed by atoms with E-state index in [-0.39, 0.29) is 11.5 Å². The van der Waals surface area contributed by atoms with Gasteiger partial charge < -0.3 is 15.7 Å². The van der Waals surface area contributed by atoms with Crippen molar-refractivity contribution < 1.29 is 9.90 Å². The topological polar surface area (TPSA) is 87.1 Å². The van der Waals surface area contributed by atoms with Gasteiger partial charge in [-0.3, -0.25) is 4.79 Å². The molecule has 3 rings (SSSR count). The number of aromatic nitrogens is 2. The molecule has 0 bridgehead atoms. The lowest BCUT2D eigenvalue weighted by atomic mass is 10.0. The molecule has 2 heterocycles. The van der Waals surface area contributed by atoms with Crippen molar-refractivity contribution in [3.63, 3.8) is 0 Å². The lowest BCUT2D eigenvalue weighted by Crippen LogP contribution is -2.34. The molecule has 0 radical (unpaired) electrons. The first kappa shape index (κ1) is 20.2. The van der Waals surface area contributed by atoms with Gasteiger partial charge in [-0.2, -0.15) is 0 Å². The normalized spacial score (nSPS) is 11.6. The molecule has 0 aliphatic rings. The number of rotatable bonds is 7. The van der Waals surface area contributed by atoms with Crippen LogP contribution in [0.15, 0.2) is 58.9 Å². The van der Waals surface area contributed by atoms with E-state index in [9.17, 15) is 9.90 Å². The molecule has 2 aromatic heterocycles. The van der Waals surface area contributed by atoms with Crippen LogP contribution in [0.1, 0.15) is 18.0 Å². The molecule has 0 unspecified atom stereocenters. The number of aliphatic carboxylic acids is 1. The molecule has 0 aliphatic heterocycles. The molecule has 0 fully saturated rings. The predicted molar refractivity (Wildman–Crippen MR) is 118 cm³/mol. The van der Waals surface area contributed by atoms with Gasteiger partial charge in [0, 0.05) is 11.1 Å². The molecule has 1 atom stereocenters. The van der Waals surface area contributed by atoms with Crippen LogP contribution in [0.2, 0.25) is 0 Å². The van der Waals surface area contributed by atoms with Crippen molar-refractivity contribution in [2.45, 2.75) is 17.4 Å². The van der Waals surface area contributed by atoms with E-state index in [0.717, 1.165) is 21.0 Å². The minimum Gasteiger partial charge on any atom is -0.481 e. The van der Waals surface area contributed by atoms with E-state index in [1.54, 1.807) is 29.3 Å². The van der Waals surface area contributed by atoms with Gasteiger partial charge in [0.25, 0.3) is 0 Å². The number of nitrogens with one attached hydrogen (secondary N) is 2. The second-order valence-electron chi connectivity index (χ2n) is 5.76. The third kappa shape index (κ3) is 5.51. The fraction of sp³-hybridized carbons (Fsp3) is 0.158. The fourth-order valence-electron chi connectivity index (χ4n) is 2.54. The third-order valence-electron chi connectivity index (χ3n) is 3.86. The van der Waals surface area contributed by atoms with Crippen molar-refractivity contribution in [3.8, 4) is 10.6 Å². The maximum atomic E-state index is 11.3. The molecule has 1 aromatic carbocycles. The van der Waals surface area contributed by atoms with E-state index < -0.39 is 12.0 Å². The first-order chi connectivity index (χ1) is 13.5. The van der Waals surface area contributed by atoms with Crippen LogP contribution in [0.25, 0.3) is 10.6 Å². The summed E-state index contributed by atoms with van der Waals surface area (Å²) in [7, 11) is 0. The Morgan fingerprint density at radius 3 is 2.71 bits per heavy atom. The van der Waals surface area contributed by atoms with Crippen LogP contribution in [-0.2, 0) is 4.79 Å². The van der Waals surface area contributed by atoms with Gasteiger partial charge in [0.1, 0.15) is 0 Å². The molecular weight excluding hydrogens is 412 g/mol. The quantitative estimate of drug-likeness (QED) is 0.375. The van der Waals surface area contributed by atoms with Crippen molar-refractivity contribution in [3.05, 3.63) is 59.6 Å². The zero-order valence-corrected chi connectivity index (χ0v) is 17.4. The van der Waals surface area contributed by atoms with E-state index in [0.29, 0.717) is 5.95 Å². The standard InChI is InChI=1S/C19H18N4O2S3/c1-27-13-6-4-12(5-7-13)15(11-17(24)25)22-19(26)23-18-20-9-8-14(21-18)16-3-2-10-28-16/h2-10,15H,11H2,1H3,(H,24,25)(H2,20,21,22,23,26)/t15-/m0/s1. The highest BCUT2D eigenvalue weighted by molar-refractivity contribution is 7.98. The average Bonchev–Trinajstić information content (AvgIpc) is 3.22. The summed E-state index contributed by atoms with van der Waals surface area (Å²) in [5, 5.41) is 17.5. The van der Waals surface area contributed by atoms with Crippen molar-refractivity contribution in [2.75, 3.05) is 11.6 Å². The van der Waals surface area contributed by atoms with Gasteiger partial charge in [-0.15, -0.1) is 23.1 Å². The number of carbonyl (C=O) groups is 1. The van der Waals surface area contributed by atoms with E-state index in [4.69, 9.17) is 12.2 Å². The minimum absolute atomic E-state index is 0.101. The zero-order chi connectivity index (χ0) is 19.9. The maximum absolute atomic E-state index is 11.3. The lowest BCUT2D eigenvalue weighted by Gasteiger charge is -2.19. The molecule has 9 heteroatoms. The van der Waals surface area contributed by atoms with Crippen LogP contribution < -0.4 is 10.6 Å². The van der Waals surface area contributed by atoms with Crippen LogP contribution in [-0.4, -0.2) is 32.4 Å². The Labute approximate surface area is 176 Å². The summed E-state index contributed by atoms with van der Waals surface area (Å²) in [5.41, 5.74) is 1.64. The molecule has 6 nitrogen and oxygen atoms in total. The number of thiocarbonyl (C=S) groups is 1. The molecule has 0 spiro atoms. The molecule has 3 N–H and O–H groups in total. The highest BCUT2D eigenvalue weighted by atomic mass is 32.2. The van der Waals surface area contributed by atoms with E-state index in [1.165, 1.54) is 0 Å². The Hall–Kier alpha value is -2.49. The van der Waals surface area contributed by atoms with Crippen LogP contribution in [0.4, 0.5) is 5.95 Å². The second-order valence-corrected chi connectivity index (χ2v) is 8.00. The molecular formula is C19H18N4O2S3. The van der Waals surface area contributed by atoms with Gasteiger partial charge in [0.2, 0.25) is 5.95 Å². The smallest absolute Gasteiger partial charge is 0.305 e. The number of nitrogens with zero attached hydrogens (tertiary/aromatic N) is 2. The van der Waals surface area contributed by atoms with Gasteiger partial charge in [0.15, 0.2) is 5.11 Å². The monoisotopic (exact) mass is 430 g/mol. The van der Waals surface area contributed by atoms with Gasteiger partial charge >= 0.3 is 5.97 Å². The first-order valence-corrected chi connectivity index (χ1v) is 10.9. The Balaban J connectivity index is 1.71. The molecule has 144 valence electrons. The molecule has 0 saturated heterocycles. The molecule has 0 saturated carbocycles. The number of carboxylic acid groups (broad SMARTS) is 1. The van der Waals surface area contributed by atoms with Crippen molar-refractivity contribution in [1.82, 2.24) is 15.3 Å². The van der Waals surface area contributed by atoms with Crippen molar-refractivity contribution in [2.24, 2.45) is 0 Å². The predicted octanol–water partition coefficient (Wildman–Crippen LogP) is 4.43. The number of hydrogen-bond acceptors (Lipinski definition) is 6. The van der Waals surface area contributed by atoms with Crippen molar-refractivity contribution >= 4 is 52.3 Å². The van der Waals surface area contributed by atoms with Crippen LogP contribution in [0, 0.1) is 0 Å². The highest BCUT2D eigenvalue weighted by Crippen LogP contribution is 2.23. The number of anilines is 1. The van der Waals surface area contributed by atoms with Crippen LogP contribution >= 0.6 is 35.3 Å². The summed E-state index contributed by atoms with van der Waals surface area (Å²) < 4.78 is 0. The number of thiophene rings is 1. The second kappa shape index (κ2) is 9.63. The van der Waals surface area contributed by atoms with E-state index in [2.05, 4.69) is 20.6 Å². The van der Waals surface area contributed by atoms with Gasteiger partial charge in [-0.05, 0) is 53.7 Å². The molecule has 0 aliphatic carbocycles. The van der Waals surface area contributed by atoms with Gasteiger partial charge in [-0.1, -0.05) is 18.2 Å². The molecule has 3 aromatic rings. The minimum atomic E-state index is -0.912. The summed E-state index contributed by atoms with van der Waals surface area (Å²) in [5.74, 6) is -0.555. The number of carboxylic acids is 1. The van der Waals surface area contributed by atoms with E-state index >= 15 is 0 Å². The highest BCUT2D eigenvalue weighted by Gasteiger charge is 2.17. The Kier molecular flexibility index (Phi) is 6.96. The summed E-state index contributed by atoms with van der Waals surface area (Å²) >= 11 is 8.58. The third-order valence-corrected chi connectivity index (χ3v) is 5.71. The SMILES string of the molecule is CSc1ccc([C@H](CC(=O)O)NC(=S)Nc2nccc(-c3cccs3)n2)cc1. The largest absolute Gasteiger partial charge is 0.481 e. The van der Waals surface area contributed by atoms with Crippen LogP contribution in [0.5, 0.6) is 0 Å². The van der Waals surface area contributed by atoms with Gasteiger partial charge in [-0.25, -0.2) is 9.97 Å². The fourth-order valence-corrected chi connectivity index (χ4v) is 3.88. The summed E-state index contributed by atoms with van der Waals surface area (Å²) in [6.45, 7) is 0. The Morgan fingerprint density at radius 1 is 1.29 bits per heavy atom. The Morgan fingerprint density at radius 2 is 2.07 bits per heavy atom. The van der Waals surface area contributed by atoms with E-state index in [1.807, 2.05) is 54.1 Å². The maximum Gasteiger partial charge on any atom is 0.305 e. The Bertz CT molecular complexity index is 946. The summed E-state index contributed by atoms with van der Waals surface area (Å²) in [6, 6.07) is 13.0. The zero-order valence-electron chi connectivity index (χ0n) is 15.0. The summed E-state index contributed by atoms with van der Waals surface area (Å²) in [4.78, 5) is 22.1. The molecule has 0 amide bonds. The molecule has 28 heavy (non-hydrogen) atoms. The summed E-state index contributed by atoms with van der Waals surface area (Å²) in [6.07, 6.45) is 3.55. The average molecular weight is 431 g/mol. The number of benzene rings is 1. The van der Waals surface area contributed by atoms with Crippen LogP contribution in [0.3, 0.4) is 0 Å². The van der Waals surface area contributed by atoms with Crippen molar-refractivity contribution in [1.29, 1.82) is 0 Å². The first-order valence-electron chi connectivity index (χ1n) is 8.35.